The van der Waals surface area contributed by atoms with Gasteiger partial charge in [-0.3, -0.25) is 14.6 Å². The van der Waals surface area contributed by atoms with Crippen LogP contribution < -0.4 is 14.2 Å². The molecule has 2 fully saturated rings. The molecule has 0 N–H and O–H groups in total. The van der Waals surface area contributed by atoms with E-state index in [9.17, 15) is 4.79 Å². The third-order valence-corrected chi connectivity index (χ3v) is 6.55. The summed E-state index contributed by atoms with van der Waals surface area (Å²) in [7, 11) is 3.27. The summed E-state index contributed by atoms with van der Waals surface area (Å²) in [4.78, 5) is 16.8. The van der Waals surface area contributed by atoms with Crippen molar-refractivity contribution in [2.45, 2.75) is 64.5 Å². The fourth-order valence-electron chi connectivity index (χ4n) is 4.82. The number of carbonyl (C=O) groups is 1. The van der Waals surface area contributed by atoms with Gasteiger partial charge in [0.25, 0.3) is 0 Å². The van der Waals surface area contributed by atoms with Gasteiger partial charge in [0.1, 0.15) is 0 Å². The maximum absolute atomic E-state index is 11.6. The van der Waals surface area contributed by atoms with E-state index in [0.717, 1.165) is 44.3 Å². The standard InChI is InChI=1S/C25H40N2O5/c1-4-31-23(28)11-8-18-32-24-20(12-13-22(29-2)25(24)30-3)19-26-14-16-27(17-15-26)21-9-6-5-7-10-21/h12-13,21H,4-11,14-19H2,1-3H3. The number of hydrogen-bond donors (Lipinski definition) is 0. The first-order valence-electron chi connectivity index (χ1n) is 12.1. The molecule has 32 heavy (non-hydrogen) atoms. The molecule has 0 unspecified atom stereocenters. The van der Waals surface area contributed by atoms with Crippen molar-refractivity contribution in [3.63, 3.8) is 0 Å². The van der Waals surface area contributed by atoms with Crippen molar-refractivity contribution in [2.75, 3.05) is 53.6 Å². The first kappa shape index (κ1) is 24.6. The number of benzene rings is 1. The Labute approximate surface area is 192 Å². The highest BCUT2D eigenvalue weighted by Crippen LogP contribution is 2.40. The van der Waals surface area contributed by atoms with Crippen LogP contribution >= 0.6 is 0 Å². The minimum atomic E-state index is -0.190. The molecule has 2 aliphatic rings. The minimum Gasteiger partial charge on any atom is -0.493 e. The molecule has 3 rings (SSSR count). The highest BCUT2D eigenvalue weighted by atomic mass is 16.5. The summed E-state index contributed by atoms with van der Waals surface area (Å²) in [5.41, 5.74) is 1.09. The first-order valence-corrected chi connectivity index (χ1v) is 12.1. The highest BCUT2D eigenvalue weighted by Gasteiger charge is 2.26. The third kappa shape index (κ3) is 6.75. The highest BCUT2D eigenvalue weighted by molar-refractivity contribution is 5.69. The van der Waals surface area contributed by atoms with Gasteiger partial charge in [0.2, 0.25) is 5.75 Å². The van der Waals surface area contributed by atoms with E-state index in [4.69, 9.17) is 18.9 Å². The van der Waals surface area contributed by atoms with Crippen LogP contribution in [0.4, 0.5) is 0 Å². The van der Waals surface area contributed by atoms with E-state index in [-0.39, 0.29) is 5.97 Å². The fourth-order valence-corrected chi connectivity index (χ4v) is 4.82. The van der Waals surface area contributed by atoms with Crippen molar-refractivity contribution in [3.8, 4) is 17.2 Å². The molecule has 0 spiro atoms. The fraction of sp³-hybridized carbons (Fsp3) is 0.720. The molecule has 7 heteroatoms. The van der Waals surface area contributed by atoms with Crippen LogP contribution in [0.5, 0.6) is 17.2 Å². The van der Waals surface area contributed by atoms with Gasteiger partial charge in [0.05, 0.1) is 27.4 Å². The second kappa shape index (κ2) is 12.9. The Balaban J connectivity index is 1.60. The van der Waals surface area contributed by atoms with Crippen LogP contribution in [-0.2, 0) is 16.1 Å². The summed E-state index contributed by atoms with van der Waals surface area (Å²) in [6.07, 6.45) is 7.83. The van der Waals surface area contributed by atoms with Crippen LogP contribution in [0.25, 0.3) is 0 Å². The number of carbonyl (C=O) groups excluding carboxylic acids is 1. The molecular weight excluding hydrogens is 408 g/mol. The number of piperazine rings is 1. The van der Waals surface area contributed by atoms with Gasteiger partial charge >= 0.3 is 5.97 Å². The van der Waals surface area contributed by atoms with E-state index < -0.39 is 0 Å². The van der Waals surface area contributed by atoms with Crippen LogP contribution in [0.15, 0.2) is 12.1 Å². The summed E-state index contributed by atoms with van der Waals surface area (Å²) < 4.78 is 22.3. The van der Waals surface area contributed by atoms with Crippen molar-refractivity contribution < 1.29 is 23.7 Å². The Morgan fingerprint density at radius 1 is 1.00 bits per heavy atom. The van der Waals surface area contributed by atoms with Crippen molar-refractivity contribution in [2.24, 2.45) is 0 Å². The van der Waals surface area contributed by atoms with Gasteiger partial charge in [-0.2, -0.15) is 0 Å². The SMILES string of the molecule is CCOC(=O)CCCOc1c(CN2CCN(C3CCCCC3)CC2)ccc(OC)c1OC. The lowest BCUT2D eigenvalue weighted by atomic mass is 9.94. The molecule has 0 radical (unpaired) electrons. The van der Waals surface area contributed by atoms with Crippen LogP contribution in [0.2, 0.25) is 0 Å². The second-order valence-electron chi connectivity index (χ2n) is 8.65. The number of ether oxygens (including phenoxy) is 4. The number of rotatable bonds is 11. The topological polar surface area (TPSA) is 60.5 Å². The Morgan fingerprint density at radius 3 is 2.41 bits per heavy atom. The second-order valence-corrected chi connectivity index (χ2v) is 8.65. The minimum absolute atomic E-state index is 0.190. The van der Waals surface area contributed by atoms with Crippen molar-refractivity contribution in [1.29, 1.82) is 0 Å². The molecule has 1 aliphatic heterocycles. The Kier molecular flexibility index (Phi) is 9.93. The van der Waals surface area contributed by atoms with Gasteiger partial charge in [-0.25, -0.2) is 0 Å². The molecule has 1 aliphatic carbocycles. The quantitative estimate of drug-likeness (QED) is 0.376. The van der Waals surface area contributed by atoms with Crippen molar-refractivity contribution >= 4 is 5.97 Å². The van der Waals surface area contributed by atoms with Crippen LogP contribution in [-0.4, -0.2) is 75.4 Å². The lowest BCUT2D eigenvalue weighted by molar-refractivity contribution is -0.143. The number of methoxy groups -OCH3 is 2. The summed E-state index contributed by atoms with van der Waals surface area (Å²) in [6.45, 7) is 7.84. The van der Waals surface area contributed by atoms with Gasteiger partial charge in [-0.15, -0.1) is 0 Å². The Bertz CT molecular complexity index is 713. The lowest BCUT2D eigenvalue weighted by Crippen LogP contribution is -2.50. The van der Waals surface area contributed by atoms with Crippen molar-refractivity contribution in [3.05, 3.63) is 17.7 Å². The summed E-state index contributed by atoms with van der Waals surface area (Å²) in [6, 6.07) is 4.79. The molecule has 1 aromatic carbocycles. The van der Waals surface area contributed by atoms with Gasteiger partial charge in [-0.05, 0) is 32.3 Å². The number of nitrogens with zero attached hydrogens (tertiary/aromatic N) is 2. The lowest BCUT2D eigenvalue weighted by Gasteiger charge is -2.41. The van der Waals surface area contributed by atoms with Crippen LogP contribution in [0.3, 0.4) is 0 Å². The summed E-state index contributed by atoms with van der Waals surface area (Å²) >= 11 is 0. The summed E-state index contributed by atoms with van der Waals surface area (Å²) in [5.74, 6) is 1.79. The molecule has 0 bridgehead atoms. The van der Waals surface area contributed by atoms with Crippen molar-refractivity contribution in [1.82, 2.24) is 9.80 Å². The number of esters is 1. The van der Waals surface area contributed by atoms with E-state index in [1.165, 1.54) is 32.1 Å². The molecule has 180 valence electrons. The zero-order valence-electron chi connectivity index (χ0n) is 20.1. The summed E-state index contributed by atoms with van der Waals surface area (Å²) in [5, 5.41) is 0. The monoisotopic (exact) mass is 448 g/mol. The molecular formula is C25H40N2O5. The normalized spacial score (nSPS) is 18.3. The van der Waals surface area contributed by atoms with E-state index in [2.05, 4.69) is 15.9 Å². The maximum Gasteiger partial charge on any atom is 0.305 e. The Hall–Kier alpha value is -1.99. The Morgan fingerprint density at radius 2 is 1.75 bits per heavy atom. The van der Waals surface area contributed by atoms with Gasteiger partial charge in [0.15, 0.2) is 11.5 Å². The molecule has 0 atom stereocenters. The molecule has 0 amide bonds. The van der Waals surface area contributed by atoms with Gasteiger partial charge < -0.3 is 18.9 Å². The smallest absolute Gasteiger partial charge is 0.305 e. The average Bonchev–Trinajstić information content (AvgIpc) is 2.83. The van der Waals surface area contributed by atoms with E-state index in [1.54, 1.807) is 14.2 Å². The van der Waals surface area contributed by atoms with E-state index >= 15 is 0 Å². The average molecular weight is 449 g/mol. The zero-order chi connectivity index (χ0) is 22.8. The zero-order valence-corrected chi connectivity index (χ0v) is 20.1. The predicted octanol–water partition coefficient (Wildman–Crippen LogP) is 3.88. The largest absolute Gasteiger partial charge is 0.493 e. The molecule has 1 saturated heterocycles. The molecule has 7 nitrogen and oxygen atoms in total. The maximum atomic E-state index is 11.6. The predicted molar refractivity (Wildman–Crippen MR) is 125 cm³/mol. The molecule has 1 heterocycles. The molecule has 1 aromatic rings. The van der Waals surface area contributed by atoms with E-state index in [0.29, 0.717) is 43.3 Å². The third-order valence-electron chi connectivity index (χ3n) is 6.55. The van der Waals surface area contributed by atoms with Gasteiger partial charge in [0, 0.05) is 50.7 Å². The molecule has 0 aromatic heterocycles. The van der Waals surface area contributed by atoms with Crippen LogP contribution in [0.1, 0.15) is 57.4 Å². The molecule has 1 saturated carbocycles. The first-order chi connectivity index (χ1) is 15.7. The number of hydrogen-bond acceptors (Lipinski definition) is 7. The van der Waals surface area contributed by atoms with Crippen LogP contribution in [0, 0.1) is 0 Å². The van der Waals surface area contributed by atoms with E-state index in [1.807, 2.05) is 13.0 Å². The van der Waals surface area contributed by atoms with Gasteiger partial charge in [-0.1, -0.05) is 25.3 Å².